The number of likely N-dealkylation sites (tertiary alicyclic amines) is 1. The number of hydrogen-bond donors (Lipinski definition) is 3. The first-order chi connectivity index (χ1) is 11.0. The number of hydrogen-bond acceptors (Lipinski definition) is 3. The van der Waals surface area contributed by atoms with Gasteiger partial charge in [-0.1, -0.05) is 13.0 Å². The number of aliphatic hydroxyl groups is 1. The van der Waals surface area contributed by atoms with E-state index in [-0.39, 0.29) is 12.4 Å². The molecule has 0 radical (unpaired) electrons. The standard InChI is InChI=1S/C17H26FN3O2/c1-12-6-8-21(9-7-12)11-14(22)10-19-17(23)20-16-5-3-4-15(18)13(16)2/h3-5,12,14,22H,6-11H2,1-2H3,(H2,19,20,23). The molecule has 0 bridgehead atoms. The van der Waals surface area contributed by atoms with Crippen LogP contribution in [0, 0.1) is 18.7 Å². The number of rotatable bonds is 5. The number of amides is 2. The number of piperidine rings is 1. The minimum atomic E-state index is -0.609. The fourth-order valence-corrected chi connectivity index (χ4v) is 2.73. The molecular formula is C17H26FN3O2. The first-order valence-corrected chi connectivity index (χ1v) is 8.16. The summed E-state index contributed by atoms with van der Waals surface area (Å²) in [6, 6.07) is 4.10. The maximum atomic E-state index is 13.4. The third kappa shape index (κ3) is 5.48. The van der Waals surface area contributed by atoms with Crippen molar-refractivity contribution in [2.75, 3.05) is 31.5 Å². The zero-order valence-corrected chi connectivity index (χ0v) is 13.8. The molecule has 1 heterocycles. The van der Waals surface area contributed by atoms with E-state index in [2.05, 4.69) is 22.5 Å². The van der Waals surface area contributed by atoms with E-state index >= 15 is 0 Å². The lowest BCUT2D eigenvalue weighted by molar-refractivity contribution is 0.0924. The van der Waals surface area contributed by atoms with Gasteiger partial charge in [-0.2, -0.15) is 0 Å². The molecule has 5 nitrogen and oxygen atoms in total. The molecule has 3 N–H and O–H groups in total. The van der Waals surface area contributed by atoms with Crippen molar-refractivity contribution in [3.63, 3.8) is 0 Å². The summed E-state index contributed by atoms with van der Waals surface area (Å²) in [5.41, 5.74) is 0.827. The summed E-state index contributed by atoms with van der Waals surface area (Å²) >= 11 is 0. The number of carbonyl (C=O) groups is 1. The SMILES string of the molecule is Cc1c(F)cccc1NC(=O)NCC(O)CN1CCC(C)CC1. The van der Waals surface area contributed by atoms with Crippen LogP contribution in [0.15, 0.2) is 18.2 Å². The minimum Gasteiger partial charge on any atom is -0.390 e. The van der Waals surface area contributed by atoms with Crippen molar-refractivity contribution in [1.82, 2.24) is 10.2 Å². The fourth-order valence-electron chi connectivity index (χ4n) is 2.73. The molecule has 0 saturated carbocycles. The molecule has 1 unspecified atom stereocenters. The van der Waals surface area contributed by atoms with Gasteiger partial charge >= 0.3 is 6.03 Å². The lowest BCUT2D eigenvalue weighted by atomic mass is 9.99. The number of urea groups is 1. The number of anilines is 1. The van der Waals surface area contributed by atoms with Crippen LogP contribution in [-0.4, -0.2) is 48.3 Å². The van der Waals surface area contributed by atoms with Crippen molar-refractivity contribution >= 4 is 11.7 Å². The van der Waals surface area contributed by atoms with Crippen molar-refractivity contribution in [2.24, 2.45) is 5.92 Å². The van der Waals surface area contributed by atoms with Crippen LogP contribution in [-0.2, 0) is 0 Å². The smallest absolute Gasteiger partial charge is 0.319 e. The van der Waals surface area contributed by atoms with Gasteiger partial charge in [0.15, 0.2) is 0 Å². The second kappa shape index (κ2) is 8.26. The first-order valence-electron chi connectivity index (χ1n) is 8.16. The minimum absolute atomic E-state index is 0.173. The Morgan fingerprint density at radius 1 is 1.43 bits per heavy atom. The Bertz CT molecular complexity index is 531. The molecule has 23 heavy (non-hydrogen) atoms. The second-order valence-corrected chi connectivity index (χ2v) is 6.38. The average Bonchev–Trinajstić information content (AvgIpc) is 2.52. The number of aliphatic hydroxyl groups excluding tert-OH is 1. The summed E-state index contributed by atoms with van der Waals surface area (Å²) in [6.45, 7) is 6.57. The molecule has 0 aliphatic carbocycles. The largest absolute Gasteiger partial charge is 0.390 e. The molecule has 128 valence electrons. The molecule has 1 atom stereocenters. The van der Waals surface area contributed by atoms with E-state index in [0.29, 0.717) is 17.8 Å². The summed E-state index contributed by atoms with van der Waals surface area (Å²) in [5.74, 6) is 0.393. The number of halogens is 1. The van der Waals surface area contributed by atoms with Gasteiger partial charge in [0, 0.05) is 24.3 Å². The van der Waals surface area contributed by atoms with Crippen LogP contribution in [0.25, 0.3) is 0 Å². The Morgan fingerprint density at radius 3 is 2.83 bits per heavy atom. The molecular weight excluding hydrogens is 297 g/mol. The molecule has 0 aromatic heterocycles. The summed E-state index contributed by atoms with van der Waals surface area (Å²) in [7, 11) is 0. The van der Waals surface area contributed by atoms with Crippen LogP contribution in [0.2, 0.25) is 0 Å². The Morgan fingerprint density at radius 2 is 2.13 bits per heavy atom. The maximum absolute atomic E-state index is 13.4. The van der Waals surface area contributed by atoms with Crippen LogP contribution in [0.3, 0.4) is 0 Å². The highest BCUT2D eigenvalue weighted by atomic mass is 19.1. The average molecular weight is 323 g/mol. The van der Waals surface area contributed by atoms with Crippen LogP contribution >= 0.6 is 0 Å². The topological polar surface area (TPSA) is 64.6 Å². The molecule has 2 rings (SSSR count). The highest BCUT2D eigenvalue weighted by Gasteiger charge is 2.18. The van der Waals surface area contributed by atoms with Gasteiger partial charge in [0.25, 0.3) is 0 Å². The van der Waals surface area contributed by atoms with Crippen molar-refractivity contribution in [3.8, 4) is 0 Å². The Hall–Kier alpha value is -1.66. The number of nitrogens with one attached hydrogen (secondary N) is 2. The van der Waals surface area contributed by atoms with E-state index in [1.54, 1.807) is 19.1 Å². The summed E-state index contributed by atoms with van der Waals surface area (Å²) in [5, 5.41) is 15.3. The number of benzene rings is 1. The summed E-state index contributed by atoms with van der Waals surface area (Å²) in [6.07, 6.45) is 1.70. The Kier molecular flexibility index (Phi) is 6.36. The van der Waals surface area contributed by atoms with E-state index in [4.69, 9.17) is 0 Å². The zero-order valence-electron chi connectivity index (χ0n) is 13.8. The molecule has 1 saturated heterocycles. The predicted octanol–water partition coefficient (Wildman–Crippen LogP) is 2.35. The van der Waals surface area contributed by atoms with Crippen molar-refractivity contribution in [1.29, 1.82) is 0 Å². The highest BCUT2D eigenvalue weighted by Crippen LogP contribution is 2.17. The molecule has 1 aliphatic heterocycles. The van der Waals surface area contributed by atoms with Crippen molar-refractivity contribution < 1.29 is 14.3 Å². The number of β-amino-alcohol motifs (C(OH)–C–C–N with tert-alkyl or cyclic N) is 1. The van der Waals surface area contributed by atoms with Crippen LogP contribution in [0.5, 0.6) is 0 Å². The Balaban J connectivity index is 1.72. The van der Waals surface area contributed by atoms with E-state index < -0.39 is 12.1 Å². The van der Waals surface area contributed by atoms with Gasteiger partial charge in [0.05, 0.1) is 6.10 Å². The van der Waals surface area contributed by atoms with Gasteiger partial charge in [0.1, 0.15) is 5.82 Å². The van der Waals surface area contributed by atoms with Gasteiger partial charge < -0.3 is 20.6 Å². The van der Waals surface area contributed by atoms with E-state index in [0.717, 1.165) is 31.8 Å². The van der Waals surface area contributed by atoms with Crippen LogP contribution < -0.4 is 10.6 Å². The first kappa shape index (κ1) is 17.7. The van der Waals surface area contributed by atoms with E-state index in [1.165, 1.54) is 6.07 Å². The Labute approximate surface area is 136 Å². The van der Waals surface area contributed by atoms with Gasteiger partial charge in [-0.25, -0.2) is 9.18 Å². The number of nitrogens with zero attached hydrogens (tertiary/aromatic N) is 1. The monoisotopic (exact) mass is 323 g/mol. The fraction of sp³-hybridized carbons (Fsp3) is 0.588. The molecule has 1 aromatic carbocycles. The van der Waals surface area contributed by atoms with Crippen molar-refractivity contribution in [3.05, 3.63) is 29.6 Å². The predicted molar refractivity (Wildman–Crippen MR) is 89.0 cm³/mol. The van der Waals surface area contributed by atoms with Crippen LogP contribution in [0.4, 0.5) is 14.9 Å². The summed E-state index contributed by atoms with van der Waals surface area (Å²) < 4.78 is 13.4. The zero-order chi connectivity index (χ0) is 16.8. The van der Waals surface area contributed by atoms with Gasteiger partial charge in [-0.15, -0.1) is 0 Å². The van der Waals surface area contributed by atoms with E-state index in [9.17, 15) is 14.3 Å². The van der Waals surface area contributed by atoms with Crippen LogP contribution in [0.1, 0.15) is 25.3 Å². The quantitative estimate of drug-likeness (QED) is 0.779. The third-order valence-corrected chi connectivity index (χ3v) is 4.36. The molecule has 0 spiro atoms. The lowest BCUT2D eigenvalue weighted by Crippen LogP contribution is -2.43. The van der Waals surface area contributed by atoms with Crippen molar-refractivity contribution in [2.45, 2.75) is 32.8 Å². The molecule has 1 aliphatic rings. The van der Waals surface area contributed by atoms with Gasteiger partial charge in [-0.05, 0) is 50.9 Å². The third-order valence-electron chi connectivity index (χ3n) is 4.36. The second-order valence-electron chi connectivity index (χ2n) is 6.38. The molecule has 6 heteroatoms. The van der Waals surface area contributed by atoms with E-state index in [1.807, 2.05) is 0 Å². The molecule has 2 amide bonds. The highest BCUT2D eigenvalue weighted by molar-refractivity contribution is 5.90. The maximum Gasteiger partial charge on any atom is 0.319 e. The lowest BCUT2D eigenvalue weighted by Gasteiger charge is -2.31. The summed E-state index contributed by atoms with van der Waals surface area (Å²) in [4.78, 5) is 14.1. The molecule has 1 fully saturated rings. The molecule has 1 aromatic rings. The van der Waals surface area contributed by atoms with Gasteiger partial charge in [-0.3, -0.25) is 0 Å². The number of carbonyl (C=O) groups excluding carboxylic acids is 1. The van der Waals surface area contributed by atoms with Gasteiger partial charge in [0.2, 0.25) is 0 Å². The normalized spacial score (nSPS) is 17.7.